The van der Waals surface area contributed by atoms with Crippen molar-refractivity contribution in [3.05, 3.63) is 101 Å². The first-order valence-corrected chi connectivity index (χ1v) is 9.78. The van der Waals surface area contributed by atoms with Gasteiger partial charge in [-0.2, -0.15) is 5.10 Å². The molecule has 5 nitrogen and oxygen atoms in total. The Bertz CT molecular complexity index is 1200. The van der Waals surface area contributed by atoms with Gasteiger partial charge in [0, 0.05) is 18.2 Å². The van der Waals surface area contributed by atoms with Crippen LogP contribution in [-0.2, 0) is 6.54 Å². The van der Waals surface area contributed by atoms with Crippen LogP contribution in [0.3, 0.4) is 0 Å². The van der Waals surface area contributed by atoms with Crippen LogP contribution in [0.1, 0.15) is 22.8 Å². The lowest BCUT2D eigenvalue weighted by atomic mass is 10.0. The van der Waals surface area contributed by atoms with E-state index in [0.717, 1.165) is 16.8 Å². The molecule has 1 aromatic heterocycles. The Labute approximate surface area is 174 Å². The molecule has 30 heavy (non-hydrogen) atoms. The van der Waals surface area contributed by atoms with E-state index in [1.165, 1.54) is 6.07 Å². The molecule has 1 aliphatic rings. The second-order valence-electron chi connectivity index (χ2n) is 7.30. The van der Waals surface area contributed by atoms with Gasteiger partial charge >= 0.3 is 0 Å². The number of halogens is 1. The van der Waals surface area contributed by atoms with E-state index < -0.39 is 0 Å². The highest BCUT2D eigenvalue weighted by atomic mass is 19.1. The predicted octanol–water partition coefficient (Wildman–Crippen LogP) is 4.83. The molecule has 0 N–H and O–H groups in total. The number of benzene rings is 3. The van der Waals surface area contributed by atoms with Gasteiger partial charge in [0.1, 0.15) is 11.5 Å². The number of fused-ring (bicyclic) bond motifs is 3. The molecular weight excluding hydrogens is 377 g/mol. The van der Waals surface area contributed by atoms with E-state index in [2.05, 4.69) is 10.1 Å². The molecule has 4 aromatic rings. The first-order chi connectivity index (χ1) is 14.6. The smallest absolute Gasteiger partial charge is 0.152 e. The minimum absolute atomic E-state index is 0.345. The lowest BCUT2D eigenvalue weighted by Gasteiger charge is -2.29. The summed E-state index contributed by atoms with van der Waals surface area (Å²) in [5.74, 6) is 0.991. The minimum Gasteiger partial charge on any atom is -0.363 e. The highest BCUT2D eigenvalue weighted by Crippen LogP contribution is 2.40. The molecule has 0 atom stereocenters. The molecule has 1 aliphatic heterocycles. The molecule has 5 rings (SSSR count). The lowest BCUT2D eigenvalue weighted by molar-refractivity contribution is 0.595. The fraction of sp³-hybridized carbons (Fsp3) is 0.125. The fourth-order valence-electron chi connectivity index (χ4n) is 3.85. The molecule has 0 spiro atoms. The van der Waals surface area contributed by atoms with E-state index in [-0.39, 0.29) is 5.82 Å². The van der Waals surface area contributed by atoms with E-state index in [1.54, 1.807) is 10.7 Å². The maximum Gasteiger partial charge on any atom is 0.152 e. The molecule has 2 heterocycles. The van der Waals surface area contributed by atoms with Gasteiger partial charge in [-0.25, -0.2) is 19.0 Å². The average Bonchev–Trinajstić information content (AvgIpc) is 3.14. The first-order valence-electron chi connectivity index (χ1n) is 9.78. The number of nitrogens with zero attached hydrogens (tertiary/aromatic N) is 5. The van der Waals surface area contributed by atoms with Gasteiger partial charge < -0.3 is 4.90 Å². The third-order valence-corrected chi connectivity index (χ3v) is 5.16. The molecule has 0 amide bonds. The van der Waals surface area contributed by atoms with E-state index in [4.69, 9.17) is 4.99 Å². The summed E-state index contributed by atoms with van der Waals surface area (Å²) >= 11 is 0. The molecule has 148 valence electrons. The van der Waals surface area contributed by atoms with Crippen LogP contribution in [0.2, 0.25) is 0 Å². The SMILES string of the molecule is Cc1nc2n(n1)-c1c(F)ccc(N=C(c3ccccc3)c3ccccc3)c1N(C)C2. The Morgan fingerprint density at radius 3 is 2.17 bits per heavy atom. The van der Waals surface area contributed by atoms with Crippen LogP contribution in [0, 0.1) is 12.7 Å². The number of aromatic nitrogens is 3. The van der Waals surface area contributed by atoms with E-state index in [1.807, 2.05) is 79.5 Å². The normalized spacial score (nSPS) is 12.3. The van der Waals surface area contributed by atoms with Crippen molar-refractivity contribution in [2.45, 2.75) is 13.5 Å². The Kier molecular flexibility index (Phi) is 4.39. The Hall–Kier alpha value is -3.80. The van der Waals surface area contributed by atoms with Gasteiger partial charge in [-0.15, -0.1) is 0 Å². The third-order valence-electron chi connectivity index (χ3n) is 5.16. The second kappa shape index (κ2) is 7.22. The highest BCUT2D eigenvalue weighted by molar-refractivity contribution is 6.14. The Morgan fingerprint density at radius 1 is 0.900 bits per heavy atom. The quantitative estimate of drug-likeness (QED) is 0.465. The van der Waals surface area contributed by atoms with Crippen molar-refractivity contribution in [1.82, 2.24) is 14.8 Å². The van der Waals surface area contributed by atoms with Gasteiger partial charge in [0.15, 0.2) is 11.6 Å². The maximum atomic E-state index is 14.9. The number of hydrogen-bond donors (Lipinski definition) is 0. The topological polar surface area (TPSA) is 46.3 Å². The number of aliphatic imine (C=N–C) groups is 1. The van der Waals surface area contributed by atoms with Crippen LogP contribution < -0.4 is 4.90 Å². The molecule has 0 aliphatic carbocycles. The van der Waals surface area contributed by atoms with Crippen molar-refractivity contribution >= 4 is 17.1 Å². The summed E-state index contributed by atoms with van der Waals surface area (Å²) < 4.78 is 16.5. The van der Waals surface area contributed by atoms with Crippen LogP contribution in [-0.4, -0.2) is 27.5 Å². The molecule has 3 aromatic carbocycles. The molecule has 0 fully saturated rings. The summed E-state index contributed by atoms with van der Waals surface area (Å²) in [6, 6.07) is 23.2. The maximum absolute atomic E-state index is 14.9. The summed E-state index contributed by atoms with van der Waals surface area (Å²) in [4.78, 5) is 11.4. The molecule has 6 heteroatoms. The first kappa shape index (κ1) is 18.2. The minimum atomic E-state index is -0.345. The van der Waals surface area contributed by atoms with Crippen molar-refractivity contribution in [1.29, 1.82) is 0 Å². The van der Waals surface area contributed by atoms with Crippen molar-refractivity contribution in [3.63, 3.8) is 0 Å². The van der Waals surface area contributed by atoms with E-state index >= 15 is 0 Å². The van der Waals surface area contributed by atoms with Crippen LogP contribution in [0.15, 0.2) is 77.8 Å². The van der Waals surface area contributed by atoms with Crippen molar-refractivity contribution in [2.75, 3.05) is 11.9 Å². The largest absolute Gasteiger partial charge is 0.363 e. The average molecular weight is 397 g/mol. The number of aryl methyl sites for hydroxylation is 1. The molecule has 0 bridgehead atoms. The zero-order chi connectivity index (χ0) is 20.7. The lowest BCUT2D eigenvalue weighted by Crippen LogP contribution is -2.27. The van der Waals surface area contributed by atoms with Crippen LogP contribution in [0.5, 0.6) is 0 Å². The summed E-state index contributed by atoms with van der Waals surface area (Å²) in [7, 11) is 1.93. The van der Waals surface area contributed by atoms with E-state index in [9.17, 15) is 4.39 Å². The van der Waals surface area contributed by atoms with Crippen molar-refractivity contribution in [2.24, 2.45) is 4.99 Å². The van der Waals surface area contributed by atoms with Gasteiger partial charge in [-0.1, -0.05) is 60.7 Å². The summed E-state index contributed by atoms with van der Waals surface area (Å²) in [6.07, 6.45) is 0. The molecule has 0 radical (unpaired) electrons. The van der Waals surface area contributed by atoms with Gasteiger partial charge in [-0.05, 0) is 19.1 Å². The number of hydrogen-bond acceptors (Lipinski definition) is 4. The molecular formula is C24H20FN5. The standard InChI is InChI=1S/C24H20FN5/c1-16-26-21-15-29(2)24-20(14-13-19(25)23(24)30(21)28-16)27-22(17-9-5-3-6-10-17)18-11-7-4-8-12-18/h3-14H,15H2,1-2H3. The summed E-state index contributed by atoms with van der Waals surface area (Å²) in [5, 5.41) is 4.41. The van der Waals surface area contributed by atoms with Crippen molar-refractivity contribution in [3.8, 4) is 5.69 Å². The van der Waals surface area contributed by atoms with Crippen molar-refractivity contribution < 1.29 is 4.39 Å². The fourth-order valence-corrected chi connectivity index (χ4v) is 3.85. The summed E-state index contributed by atoms with van der Waals surface area (Å²) in [6.45, 7) is 2.35. The van der Waals surface area contributed by atoms with E-state index in [0.29, 0.717) is 35.3 Å². The number of rotatable bonds is 3. The Morgan fingerprint density at radius 2 is 1.53 bits per heavy atom. The number of anilines is 1. The predicted molar refractivity (Wildman–Crippen MR) is 116 cm³/mol. The third kappa shape index (κ3) is 3.06. The van der Waals surface area contributed by atoms with Gasteiger partial charge in [0.2, 0.25) is 0 Å². The monoisotopic (exact) mass is 397 g/mol. The molecule has 0 unspecified atom stereocenters. The molecule has 0 saturated heterocycles. The van der Waals surface area contributed by atoms with Crippen LogP contribution in [0.25, 0.3) is 5.69 Å². The second-order valence-corrected chi connectivity index (χ2v) is 7.30. The van der Waals surface area contributed by atoms with Crippen LogP contribution >= 0.6 is 0 Å². The zero-order valence-electron chi connectivity index (χ0n) is 16.7. The summed E-state index contributed by atoms with van der Waals surface area (Å²) in [5.41, 5.74) is 4.61. The van der Waals surface area contributed by atoms with Gasteiger partial charge in [0.05, 0.1) is 23.6 Å². The highest BCUT2D eigenvalue weighted by Gasteiger charge is 2.28. The van der Waals surface area contributed by atoms with Gasteiger partial charge in [-0.3, -0.25) is 0 Å². The van der Waals surface area contributed by atoms with Crippen LogP contribution in [0.4, 0.5) is 15.8 Å². The molecule has 0 saturated carbocycles. The van der Waals surface area contributed by atoms with Gasteiger partial charge in [0.25, 0.3) is 0 Å². The Balaban J connectivity index is 1.75. The zero-order valence-corrected chi connectivity index (χ0v) is 16.7.